The van der Waals surface area contributed by atoms with Gasteiger partial charge in [-0.2, -0.15) is 0 Å². The van der Waals surface area contributed by atoms with Gasteiger partial charge in [0, 0.05) is 18.5 Å². The van der Waals surface area contributed by atoms with Crippen molar-refractivity contribution in [3.05, 3.63) is 34.2 Å². The van der Waals surface area contributed by atoms with Crippen molar-refractivity contribution < 1.29 is 9.90 Å². The lowest BCUT2D eigenvalue weighted by Crippen LogP contribution is -2.47. The topological polar surface area (TPSA) is 82.2 Å². The Kier molecular flexibility index (Phi) is 3.26. The van der Waals surface area contributed by atoms with Gasteiger partial charge >= 0.3 is 0 Å². The third-order valence-electron chi connectivity index (χ3n) is 1.92. The quantitative estimate of drug-likeness (QED) is 0.650. The van der Waals surface area contributed by atoms with Crippen LogP contribution in [0.1, 0.15) is 24.2 Å². The van der Waals surface area contributed by atoms with Crippen LogP contribution in [0.5, 0.6) is 0 Å². The molecule has 0 bridgehead atoms. The summed E-state index contributed by atoms with van der Waals surface area (Å²) in [4.78, 5) is 25.6. The number of H-pyrrole nitrogens is 1. The summed E-state index contributed by atoms with van der Waals surface area (Å²) in [5, 5.41) is 11.5. The number of rotatable bonds is 3. The number of pyridine rings is 1. The van der Waals surface area contributed by atoms with E-state index in [1.807, 2.05) is 0 Å². The summed E-state index contributed by atoms with van der Waals surface area (Å²) >= 11 is 0. The third-order valence-corrected chi connectivity index (χ3v) is 1.92. The van der Waals surface area contributed by atoms with Crippen LogP contribution in [0.2, 0.25) is 0 Å². The Labute approximate surface area is 87.1 Å². The first-order chi connectivity index (χ1) is 6.96. The van der Waals surface area contributed by atoms with Crippen molar-refractivity contribution in [3.8, 4) is 0 Å². The second kappa shape index (κ2) is 4.27. The highest BCUT2D eigenvalue weighted by Crippen LogP contribution is 2.01. The molecule has 0 fully saturated rings. The van der Waals surface area contributed by atoms with E-state index in [2.05, 4.69) is 10.3 Å². The summed E-state index contributed by atoms with van der Waals surface area (Å²) in [7, 11) is 0. The minimum atomic E-state index is -0.737. The number of nitrogens with one attached hydrogen (secondary N) is 2. The molecule has 3 N–H and O–H groups in total. The van der Waals surface area contributed by atoms with Crippen LogP contribution in [0, 0.1) is 0 Å². The van der Waals surface area contributed by atoms with Crippen molar-refractivity contribution in [2.75, 3.05) is 6.61 Å². The highest BCUT2D eigenvalue weighted by Gasteiger charge is 2.21. The molecule has 15 heavy (non-hydrogen) atoms. The first kappa shape index (κ1) is 11.5. The summed E-state index contributed by atoms with van der Waals surface area (Å²) in [6.07, 6.45) is 2.79. The van der Waals surface area contributed by atoms with Crippen LogP contribution >= 0.6 is 0 Å². The summed E-state index contributed by atoms with van der Waals surface area (Å²) < 4.78 is 0. The fourth-order valence-corrected chi connectivity index (χ4v) is 1.01. The van der Waals surface area contributed by atoms with Gasteiger partial charge in [0.05, 0.1) is 12.1 Å². The van der Waals surface area contributed by atoms with Crippen molar-refractivity contribution in [2.24, 2.45) is 0 Å². The van der Waals surface area contributed by atoms with Crippen molar-refractivity contribution in [1.29, 1.82) is 0 Å². The van der Waals surface area contributed by atoms with Crippen molar-refractivity contribution in [3.63, 3.8) is 0 Å². The van der Waals surface area contributed by atoms with Crippen LogP contribution in [0.4, 0.5) is 0 Å². The lowest BCUT2D eigenvalue weighted by atomic mass is 10.1. The van der Waals surface area contributed by atoms with Gasteiger partial charge in [-0.15, -0.1) is 0 Å². The maximum atomic E-state index is 11.6. The minimum Gasteiger partial charge on any atom is -0.394 e. The molecule has 1 aromatic rings. The van der Waals surface area contributed by atoms with E-state index in [0.717, 1.165) is 0 Å². The predicted molar refractivity (Wildman–Crippen MR) is 55.7 cm³/mol. The van der Waals surface area contributed by atoms with E-state index in [4.69, 9.17) is 5.11 Å². The molecule has 0 unspecified atom stereocenters. The number of carbonyl (C=O) groups excluding carboxylic acids is 1. The van der Waals surface area contributed by atoms with Crippen LogP contribution in [0.15, 0.2) is 23.3 Å². The average molecular weight is 210 g/mol. The molecule has 1 amide bonds. The largest absolute Gasteiger partial charge is 0.394 e. The van der Waals surface area contributed by atoms with Crippen LogP contribution < -0.4 is 10.7 Å². The molecule has 1 heterocycles. The van der Waals surface area contributed by atoms with Crippen LogP contribution in [0.25, 0.3) is 0 Å². The number of hydrogen-bond acceptors (Lipinski definition) is 3. The van der Waals surface area contributed by atoms with Gasteiger partial charge in [-0.3, -0.25) is 9.59 Å². The molecular formula is C10H14N2O3. The van der Waals surface area contributed by atoms with Gasteiger partial charge in [0.15, 0.2) is 5.43 Å². The van der Waals surface area contributed by atoms with E-state index in [9.17, 15) is 9.59 Å². The number of amides is 1. The molecule has 0 atom stereocenters. The molecule has 5 nitrogen and oxygen atoms in total. The molecule has 0 saturated heterocycles. The number of aromatic nitrogens is 1. The Balaban J connectivity index is 2.88. The van der Waals surface area contributed by atoms with Crippen molar-refractivity contribution in [1.82, 2.24) is 10.3 Å². The number of aliphatic hydroxyl groups excluding tert-OH is 1. The molecule has 1 aromatic heterocycles. The van der Waals surface area contributed by atoms with E-state index < -0.39 is 11.4 Å². The van der Waals surface area contributed by atoms with Gasteiger partial charge in [-0.05, 0) is 13.8 Å². The molecule has 1 rings (SSSR count). The molecule has 0 aliphatic heterocycles. The van der Waals surface area contributed by atoms with E-state index in [1.54, 1.807) is 13.8 Å². The Bertz CT molecular complexity index is 409. The predicted octanol–water partition coefficient (Wildman–Crippen LogP) is -0.124. The van der Waals surface area contributed by atoms with E-state index in [0.29, 0.717) is 0 Å². The smallest absolute Gasteiger partial charge is 0.257 e. The Morgan fingerprint density at radius 3 is 2.80 bits per heavy atom. The Morgan fingerprint density at radius 1 is 1.60 bits per heavy atom. The van der Waals surface area contributed by atoms with Crippen molar-refractivity contribution >= 4 is 5.91 Å². The van der Waals surface area contributed by atoms with Gasteiger partial charge < -0.3 is 15.4 Å². The standard InChI is InChI=1S/C10H14N2O3/c1-10(2,6-13)12-9(15)7-5-11-4-3-8(7)14/h3-5,13H,6H2,1-2H3,(H,11,14)(H,12,15). The highest BCUT2D eigenvalue weighted by atomic mass is 16.3. The number of aromatic amines is 1. The summed E-state index contributed by atoms with van der Waals surface area (Å²) in [5.41, 5.74) is -1.04. The lowest BCUT2D eigenvalue weighted by Gasteiger charge is -2.23. The van der Waals surface area contributed by atoms with Gasteiger partial charge in [0.1, 0.15) is 5.56 Å². The zero-order chi connectivity index (χ0) is 11.5. The fraction of sp³-hybridized carbons (Fsp3) is 0.400. The Hall–Kier alpha value is -1.62. The maximum Gasteiger partial charge on any atom is 0.257 e. The SMILES string of the molecule is CC(C)(CO)NC(=O)c1c[nH]ccc1=O. The molecule has 0 radical (unpaired) electrons. The minimum absolute atomic E-state index is 0.0408. The van der Waals surface area contributed by atoms with Gasteiger partial charge in [0.25, 0.3) is 5.91 Å². The van der Waals surface area contributed by atoms with Gasteiger partial charge in [-0.1, -0.05) is 0 Å². The summed E-state index contributed by atoms with van der Waals surface area (Å²) in [6.45, 7) is 3.15. The molecule has 0 saturated carbocycles. The molecule has 0 aliphatic carbocycles. The van der Waals surface area contributed by atoms with Crippen LogP contribution in [0.3, 0.4) is 0 Å². The maximum absolute atomic E-state index is 11.6. The van der Waals surface area contributed by atoms with Crippen LogP contribution in [-0.2, 0) is 0 Å². The highest BCUT2D eigenvalue weighted by molar-refractivity contribution is 5.94. The van der Waals surface area contributed by atoms with E-state index >= 15 is 0 Å². The normalized spacial score (nSPS) is 11.1. The fourth-order valence-electron chi connectivity index (χ4n) is 1.01. The molecule has 5 heteroatoms. The zero-order valence-corrected chi connectivity index (χ0v) is 8.70. The molecule has 82 valence electrons. The molecular weight excluding hydrogens is 196 g/mol. The van der Waals surface area contributed by atoms with E-state index in [1.165, 1.54) is 18.5 Å². The van der Waals surface area contributed by atoms with Crippen molar-refractivity contribution in [2.45, 2.75) is 19.4 Å². The molecule has 0 aliphatic rings. The average Bonchev–Trinajstić information content (AvgIpc) is 2.17. The summed E-state index contributed by atoms with van der Waals surface area (Å²) in [5.74, 6) is -0.490. The number of hydrogen-bond donors (Lipinski definition) is 3. The monoisotopic (exact) mass is 210 g/mol. The number of carbonyl (C=O) groups is 1. The first-order valence-electron chi connectivity index (χ1n) is 4.57. The molecule has 0 aromatic carbocycles. The number of aliphatic hydroxyl groups is 1. The zero-order valence-electron chi connectivity index (χ0n) is 8.70. The Morgan fingerprint density at radius 2 is 2.27 bits per heavy atom. The molecule has 0 spiro atoms. The van der Waals surface area contributed by atoms with Gasteiger partial charge in [0.2, 0.25) is 0 Å². The van der Waals surface area contributed by atoms with E-state index in [-0.39, 0.29) is 17.6 Å². The van der Waals surface area contributed by atoms with Crippen LogP contribution in [-0.4, -0.2) is 28.1 Å². The first-order valence-corrected chi connectivity index (χ1v) is 4.57. The van der Waals surface area contributed by atoms with Gasteiger partial charge in [-0.25, -0.2) is 0 Å². The second-order valence-electron chi connectivity index (χ2n) is 3.92. The summed E-state index contributed by atoms with van der Waals surface area (Å²) in [6, 6.07) is 1.28. The third kappa shape index (κ3) is 2.92. The second-order valence-corrected chi connectivity index (χ2v) is 3.92. The lowest BCUT2D eigenvalue weighted by molar-refractivity contribution is 0.0868.